The highest BCUT2D eigenvalue weighted by atomic mass is 32.2. The summed E-state index contributed by atoms with van der Waals surface area (Å²) in [6.07, 6.45) is 5.24. The van der Waals surface area contributed by atoms with Crippen LogP contribution in [0, 0.1) is 18.2 Å². The number of nitrogens with one attached hydrogen (secondary N) is 1. The van der Waals surface area contributed by atoms with Crippen LogP contribution < -0.4 is 5.32 Å². The van der Waals surface area contributed by atoms with Crippen LogP contribution in [0.25, 0.3) is 0 Å². The van der Waals surface area contributed by atoms with Gasteiger partial charge in [-0.25, -0.2) is 4.39 Å². The zero-order valence-corrected chi connectivity index (χ0v) is 9.90. The van der Waals surface area contributed by atoms with E-state index in [0.717, 1.165) is 11.8 Å². The van der Waals surface area contributed by atoms with Crippen LogP contribution in [0.4, 0.5) is 9.18 Å². The Morgan fingerprint density at radius 3 is 2.50 bits per heavy atom. The minimum absolute atomic E-state index is 0.255. The van der Waals surface area contributed by atoms with Crippen LogP contribution in [-0.4, -0.2) is 10.8 Å². The topological polar surface area (TPSA) is 29.1 Å². The van der Waals surface area contributed by atoms with Gasteiger partial charge in [-0.1, -0.05) is 5.92 Å². The first-order chi connectivity index (χ1) is 7.43. The van der Waals surface area contributed by atoms with Crippen molar-refractivity contribution in [2.24, 2.45) is 0 Å². The number of amides is 1. The number of carbonyl (C=O) groups excluding carboxylic acids is 1. The van der Waals surface area contributed by atoms with Crippen molar-refractivity contribution in [3.05, 3.63) is 30.1 Å². The van der Waals surface area contributed by atoms with Crippen LogP contribution in [0.3, 0.4) is 0 Å². The molecule has 0 aliphatic heterocycles. The Morgan fingerprint density at radius 1 is 1.44 bits per heavy atom. The van der Waals surface area contributed by atoms with Gasteiger partial charge in [0.25, 0.3) is 5.24 Å². The van der Waals surface area contributed by atoms with Gasteiger partial charge in [0, 0.05) is 4.90 Å². The molecular weight excluding hydrogens is 225 g/mol. The van der Waals surface area contributed by atoms with E-state index in [4.69, 9.17) is 6.42 Å². The molecule has 0 saturated carbocycles. The average Bonchev–Trinajstić information content (AvgIpc) is 2.21. The largest absolute Gasteiger partial charge is 0.331 e. The third kappa shape index (κ3) is 3.95. The smallest absolute Gasteiger partial charge is 0.285 e. The Bertz CT molecular complexity index is 420. The van der Waals surface area contributed by atoms with E-state index in [0.29, 0.717) is 4.90 Å². The van der Waals surface area contributed by atoms with Crippen LogP contribution in [0.5, 0.6) is 0 Å². The molecule has 0 radical (unpaired) electrons. The molecule has 1 aromatic carbocycles. The molecule has 1 aromatic rings. The standard InChI is InChI=1S/C12H12FNOS/c1-4-12(2,3)14-11(15)16-10-7-5-9(13)6-8-10/h1,5-8H,2-3H3,(H,14,15). The summed E-state index contributed by atoms with van der Waals surface area (Å²) in [5.41, 5.74) is -0.676. The Hall–Kier alpha value is -1.47. The summed E-state index contributed by atoms with van der Waals surface area (Å²) in [4.78, 5) is 12.2. The predicted octanol–water partition coefficient (Wildman–Crippen LogP) is 3.04. The quantitative estimate of drug-likeness (QED) is 0.632. The molecule has 0 saturated heterocycles. The highest BCUT2D eigenvalue weighted by molar-refractivity contribution is 8.13. The molecule has 0 unspecified atom stereocenters. The lowest BCUT2D eigenvalue weighted by molar-refractivity contribution is 0.256. The van der Waals surface area contributed by atoms with E-state index in [-0.39, 0.29) is 11.1 Å². The van der Waals surface area contributed by atoms with E-state index < -0.39 is 5.54 Å². The number of hydrogen-bond donors (Lipinski definition) is 1. The number of thioether (sulfide) groups is 1. The van der Waals surface area contributed by atoms with Crippen LogP contribution in [0.1, 0.15) is 13.8 Å². The Kier molecular flexibility index (Phi) is 3.97. The SMILES string of the molecule is C#CC(C)(C)NC(=O)Sc1ccc(F)cc1. The van der Waals surface area contributed by atoms with E-state index in [9.17, 15) is 9.18 Å². The van der Waals surface area contributed by atoms with Gasteiger partial charge < -0.3 is 5.32 Å². The minimum Gasteiger partial charge on any atom is -0.331 e. The van der Waals surface area contributed by atoms with Crippen molar-refractivity contribution in [1.29, 1.82) is 0 Å². The molecule has 0 spiro atoms. The van der Waals surface area contributed by atoms with Crippen molar-refractivity contribution in [2.45, 2.75) is 24.3 Å². The second-order valence-electron chi connectivity index (χ2n) is 3.74. The third-order valence-corrected chi connectivity index (χ3v) is 2.59. The number of terminal acetylenes is 1. The molecule has 16 heavy (non-hydrogen) atoms. The summed E-state index contributed by atoms with van der Waals surface area (Å²) in [5.74, 6) is 2.14. The molecule has 0 aliphatic carbocycles. The highest BCUT2D eigenvalue weighted by Crippen LogP contribution is 2.19. The fraction of sp³-hybridized carbons (Fsp3) is 0.250. The Labute approximate surface area is 98.6 Å². The molecular formula is C12H12FNOS. The second-order valence-corrected chi connectivity index (χ2v) is 4.78. The molecule has 84 valence electrons. The third-order valence-electron chi connectivity index (χ3n) is 1.80. The zero-order valence-electron chi connectivity index (χ0n) is 9.08. The molecule has 0 fully saturated rings. The van der Waals surface area contributed by atoms with Gasteiger partial charge in [0.1, 0.15) is 5.82 Å². The van der Waals surface area contributed by atoms with Crippen molar-refractivity contribution in [3.8, 4) is 12.3 Å². The lowest BCUT2D eigenvalue weighted by atomic mass is 10.1. The molecule has 4 heteroatoms. The van der Waals surface area contributed by atoms with Crippen molar-refractivity contribution >= 4 is 17.0 Å². The van der Waals surface area contributed by atoms with Gasteiger partial charge >= 0.3 is 0 Å². The Morgan fingerprint density at radius 2 is 2.00 bits per heavy atom. The van der Waals surface area contributed by atoms with E-state index in [2.05, 4.69) is 11.2 Å². The number of carbonyl (C=O) groups is 1. The first-order valence-corrected chi connectivity index (χ1v) is 5.48. The molecule has 0 aliphatic rings. The van der Waals surface area contributed by atoms with Crippen molar-refractivity contribution in [2.75, 3.05) is 0 Å². The van der Waals surface area contributed by atoms with Gasteiger partial charge in [-0.15, -0.1) is 6.42 Å². The van der Waals surface area contributed by atoms with Crippen molar-refractivity contribution < 1.29 is 9.18 Å². The number of rotatable bonds is 2. The van der Waals surface area contributed by atoms with Gasteiger partial charge in [0.05, 0.1) is 5.54 Å². The summed E-state index contributed by atoms with van der Waals surface area (Å²) in [5, 5.41) is 2.41. The second kappa shape index (κ2) is 5.04. The predicted molar refractivity (Wildman–Crippen MR) is 63.7 cm³/mol. The summed E-state index contributed by atoms with van der Waals surface area (Å²) in [6, 6.07) is 5.70. The average molecular weight is 237 g/mol. The number of halogens is 1. The molecule has 1 rings (SSSR count). The number of hydrogen-bond acceptors (Lipinski definition) is 2. The first-order valence-electron chi connectivity index (χ1n) is 4.66. The van der Waals surface area contributed by atoms with Gasteiger partial charge in [-0.05, 0) is 49.9 Å². The minimum atomic E-state index is -0.676. The molecule has 2 nitrogen and oxygen atoms in total. The van der Waals surface area contributed by atoms with Crippen LogP contribution in [-0.2, 0) is 0 Å². The maximum absolute atomic E-state index is 12.6. The fourth-order valence-electron chi connectivity index (χ4n) is 0.926. The van der Waals surface area contributed by atoms with Gasteiger partial charge in [-0.2, -0.15) is 0 Å². The van der Waals surface area contributed by atoms with Crippen molar-refractivity contribution in [3.63, 3.8) is 0 Å². The van der Waals surface area contributed by atoms with Crippen LogP contribution >= 0.6 is 11.8 Å². The van der Waals surface area contributed by atoms with Crippen molar-refractivity contribution in [1.82, 2.24) is 5.32 Å². The maximum Gasteiger partial charge on any atom is 0.285 e. The van der Waals surface area contributed by atoms with Crippen LogP contribution in [0.2, 0.25) is 0 Å². The summed E-state index contributed by atoms with van der Waals surface area (Å²) < 4.78 is 12.6. The molecule has 0 heterocycles. The van der Waals surface area contributed by atoms with Gasteiger partial charge in [-0.3, -0.25) is 4.79 Å². The molecule has 1 amide bonds. The lowest BCUT2D eigenvalue weighted by Gasteiger charge is -2.18. The highest BCUT2D eigenvalue weighted by Gasteiger charge is 2.17. The summed E-state index contributed by atoms with van der Waals surface area (Å²) >= 11 is 0.982. The zero-order chi connectivity index (χ0) is 12.2. The molecule has 0 atom stereocenters. The van der Waals surface area contributed by atoms with E-state index >= 15 is 0 Å². The van der Waals surface area contributed by atoms with Crippen LogP contribution in [0.15, 0.2) is 29.2 Å². The maximum atomic E-state index is 12.6. The van der Waals surface area contributed by atoms with E-state index in [1.807, 2.05) is 0 Å². The summed E-state index contributed by atoms with van der Waals surface area (Å²) in [7, 11) is 0. The number of benzene rings is 1. The summed E-state index contributed by atoms with van der Waals surface area (Å²) in [6.45, 7) is 3.46. The Balaban J connectivity index is 2.59. The van der Waals surface area contributed by atoms with E-state index in [1.54, 1.807) is 26.0 Å². The normalized spacial score (nSPS) is 10.6. The molecule has 1 N–H and O–H groups in total. The lowest BCUT2D eigenvalue weighted by Crippen LogP contribution is -2.39. The first kappa shape index (κ1) is 12.6. The molecule has 0 aromatic heterocycles. The monoisotopic (exact) mass is 237 g/mol. The van der Waals surface area contributed by atoms with E-state index in [1.165, 1.54) is 12.1 Å². The molecule has 0 bridgehead atoms. The van der Waals surface area contributed by atoms with Gasteiger partial charge in [0.15, 0.2) is 0 Å². The fourth-order valence-corrected chi connectivity index (χ4v) is 1.72. The van der Waals surface area contributed by atoms with Gasteiger partial charge in [0.2, 0.25) is 0 Å².